The fourth-order valence-electron chi connectivity index (χ4n) is 4.25. The molecule has 7 heteroatoms. The van der Waals surface area contributed by atoms with Gasteiger partial charge in [-0.2, -0.15) is 10.1 Å². The molecule has 1 saturated heterocycles. The number of amides is 1. The summed E-state index contributed by atoms with van der Waals surface area (Å²) in [4.78, 5) is 18.9. The van der Waals surface area contributed by atoms with E-state index in [4.69, 9.17) is 9.51 Å². The number of aromatic nitrogens is 4. The van der Waals surface area contributed by atoms with E-state index in [1.807, 2.05) is 31.9 Å². The largest absolute Gasteiger partial charge is 0.339 e. The Hall–Kier alpha value is -2.18. The molecule has 1 aliphatic heterocycles. The third-order valence-corrected chi connectivity index (χ3v) is 5.92. The Labute approximate surface area is 147 Å². The van der Waals surface area contributed by atoms with Gasteiger partial charge in [0.1, 0.15) is 0 Å². The Morgan fingerprint density at radius 2 is 1.96 bits per heavy atom. The van der Waals surface area contributed by atoms with Crippen LogP contribution in [0.5, 0.6) is 0 Å². The molecule has 4 rings (SSSR count). The maximum Gasteiger partial charge on any atom is 0.232 e. The number of carbonyl (C=O) groups is 1. The Bertz CT molecular complexity index is 774. The number of carbonyl (C=O) groups excluding carboxylic acids is 1. The van der Waals surface area contributed by atoms with Gasteiger partial charge in [-0.25, -0.2) is 0 Å². The minimum Gasteiger partial charge on any atom is -0.339 e. The molecular formula is C18H25N5O2. The first-order chi connectivity index (χ1) is 12.1. The van der Waals surface area contributed by atoms with Crippen molar-refractivity contribution in [3.63, 3.8) is 0 Å². The van der Waals surface area contributed by atoms with Crippen LogP contribution in [-0.4, -0.2) is 37.8 Å². The highest BCUT2D eigenvalue weighted by molar-refractivity contribution is 5.80. The van der Waals surface area contributed by atoms with Gasteiger partial charge >= 0.3 is 0 Å². The van der Waals surface area contributed by atoms with Gasteiger partial charge in [0.15, 0.2) is 5.82 Å². The number of aryl methyl sites for hydroxylation is 1. The molecule has 1 aliphatic carbocycles. The molecular weight excluding hydrogens is 318 g/mol. The van der Waals surface area contributed by atoms with Crippen molar-refractivity contribution in [3.8, 4) is 0 Å². The number of nitrogens with zero attached hydrogens (tertiary/aromatic N) is 5. The van der Waals surface area contributed by atoms with Crippen LogP contribution >= 0.6 is 0 Å². The molecule has 3 heterocycles. The van der Waals surface area contributed by atoms with E-state index in [0.29, 0.717) is 18.2 Å². The van der Waals surface area contributed by atoms with E-state index < -0.39 is 0 Å². The lowest BCUT2D eigenvalue weighted by Crippen LogP contribution is -2.24. The van der Waals surface area contributed by atoms with Gasteiger partial charge in [-0.05, 0) is 19.8 Å². The molecule has 1 amide bonds. The monoisotopic (exact) mass is 343 g/mol. The summed E-state index contributed by atoms with van der Waals surface area (Å²) in [5.74, 6) is 1.81. The standard InChI is InChI=1S/C18H25N5O2/c1-11-14(10-19-23(11)3)16-13(9-15(24)22(16)2)18-20-17(21-25-18)12-7-5-4-6-8-12/h10,12-13,16H,4-9H2,1-3H3/t13-,16+/m0/s1. The molecule has 134 valence electrons. The zero-order valence-electron chi connectivity index (χ0n) is 15.1. The van der Waals surface area contributed by atoms with Gasteiger partial charge in [0.05, 0.1) is 18.2 Å². The Balaban J connectivity index is 1.65. The lowest BCUT2D eigenvalue weighted by atomic mass is 9.89. The first-order valence-corrected chi connectivity index (χ1v) is 9.14. The maximum absolute atomic E-state index is 12.4. The zero-order chi connectivity index (χ0) is 17.6. The van der Waals surface area contributed by atoms with Crippen molar-refractivity contribution in [2.45, 2.75) is 63.3 Å². The van der Waals surface area contributed by atoms with Crippen molar-refractivity contribution in [1.82, 2.24) is 24.8 Å². The van der Waals surface area contributed by atoms with Gasteiger partial charge in [-0.3, -0.25) is 9.48 Å². The molecule has 0 bridgehead atoms. The molecule has 0 spiro atoms. The van der Waals surface area contributed by atoms with Crippen molar-refractivity contribution in [2.24, 2.45) is 7.05 Å². The van der Waals surface area contributed by atoms with Crippen LogP contribution in [0.4, 0.5) is 0 Å². The van der Waals surface area contributed by atoms with Crippen LogP contribution in [0, 0.1) is 6.92 Å². The van der Waals surface area contributed by atoms with Crippen molar-refractivity contribution < 1.29 is 9.32 Å². The van der Waals surface area contributed by atoms with E-state index in [2.05, 4.69) is 10.3 Å². The molecule has 2 atom stereocenters. The fraction of sp³-hybridized carbons (Fsp3) is 0.667. The first kappa shape index (κ1) is 16.3. The van der Waals surface area contributed by atoms with E-state index >= 15 is 0 Å². The maximum atomic E-state index is 12.4. The molecule has 2 aromatic heterocycles. The highest BCUT2D eigenvalue weighted by atomic mass is 16.5. The topological polar surface area (TPSA) is 77.1 Å². The minimum absolute atomic E-state index is 0.0964. The summed E-state index contributed by atoms with van der Waals surface area (Å²) < 4.78 is 7.47. The van der Waals surface area contributed by atoms with Crippen molar-refractivity contribution in [2.75, 3.05) is 7.05 Å². The summed E-state index contributed by atoms with van der Waals surface area (Å²) in [5, 5.41) is 8.59. The summed E-state index contributed by atoms with van der Waals surface area (Å²) >= 11 is 0. The van der Waals surface area contributed by atoms with Crippen LogP contribution < -0.4 is 0 Å². The summed E-state index contributed by atoms with van der Waals surface area (Å²) in [7, 11) is 3.76. The van der Waals surface area contributed by atoms with Gasteiger partial charge in [0, 0.05) is 37.7 Å². The smallest absolute Gasteiger partial charge is 0.232 e. The molecule has 0 N–H and O–H groups in total. The number of hydrogen-bond acceptors (Lipinski definition) is 5. The number of likely N-dealkylation sites (N-methyl/N-ethyl adjacent to an activating group) is 1. The van der Waals surface area contributed by atoms with Crippen molar-refractivity contribution >= 4 is 5.91 Å². The Morgan fingerprint density at radius 1 is 1.20 bits per heavy atom. The molecule has 2 aromatic rings. The molecule has 2 fully saturated rings. The summed E-state index contributed by atoms with van der Waals surface area (Å²) in [6, 6.07) is -0.0964. The van der Waals surface area contributed by atoms with Crippen LogP contribution in [0.1, 0.15) is 79.4 Å². The predicted octanol–water partition coefficient (Wildman–Crippen LogP) is 2.85. The second-order valence-corrected chi connectivity index (χ2v) is 7.39. The molecule has 0 unspecified atom stereocenters. The second-order valence-electron chi connectivity index (χ2n) is 7.39. The molecule has 0 radical (unpaired) electrons. The van der Waals surface area contributed by atoms with Crippen LogP contribution in [0.15, 0.2) is 10.7 Å². The average molecular weight is 343 g/mol. The van der Waals surface area contributed by atoms with Crippen molar-refractivity contribution in [1.29, 1.82) is 0 Å². The molecule has 2 aliphatic rings. The van der Waals surface area contributed by atoms with Gasteiger partial charge in [-0.15, -0.1) is 0 Å². The third-order valence-electron chi connectivity index (χ3n) is 5.92. The number of rotatable bonds is 3. The van der Waals surface area contributed by atoms with Gasteiger partial charge in [0.25, 0.3) is 0 Å². The molecule has 0 aromatic carbocycles. The van der Waals surface area contributed by atoms with E-state index in [1.54, 1.807) is 4.90 Å². The number of hydrogen-bond donors (Lipinski definition) is 0. The highest BCUT2D eigenvalue weighted by Crippen LogP contribution is 2.44. The van der Waals surface area contributed by atoms with E-state index in [0.717, 1.165) is 29.9 Å². The lowest BCUT2D eigenvalue weighted by molar-refractivity contribution is -0.127. The Morgan fingerprint density at radius 3 is 2.64 bits per heavy atom. The quantitative estimate of drug-likeness (QED) is 0.856. The van der Waals surface area contributed by atoms with E-state index in [9.17, 15) is 4.79 Å². The average Bonchev–Trinajstić information content (AvgIpc) is 3.30. The minimum atomic E-state index is -0.106. The SMILES string of the molecule is Cc1c([C@H]2[C@@H](c3nc(C4CCCCC4)no3)CC(=O)N2C)cnn1C. The van der Waals surface area contributed by atoms with Gasteiger partial charge in [0.2, 0.25) is 11.8 Å². The Kier molecular flexibility index (Phi) is 4.09. The highest BCUT2D eigenvalue weighted by Gasteiger charge is 2.44. The predicted molar refractivity (Wildman–Crippen MR) is 90.9 cm³/mol. The van der Waals surface area contributed by atoms with Crippen LogP contribution in [0.25, 0.3) is 0 Å². The summed E-state index contributed by atoms with van der Waals surface area (Å²) in [6.07, 6.45) is 8.28. The second kappa shape index (κ2) is 6.28. The molecule has 1 saturated carbocycles. The zero-order valence-corrected chi connectivity index (χ0v) is 15.1. The fourth-order valence-corrected chi connectivity index (χ4v) is 4.25. The van der Waals surface area contributed by atoms with Crippen LogP contribution in [0.3, 0.4) is 0 Å². The van der Waals surface area contributed by atoms with Gasteiger partial charge < -0.3 is 9.42 Å². The van der Waals surface area contributed by atoms with Crippen LogP contribution in [-0.2, 0) is 11.8 Å². The number of likely N-dealkylation sites (tertiary alicyclic amines) is 1. The van der Waals surface area contributed by atoms with Crippen LogP contribution in [0.2, 0.25) is 0 Å². The normalized spacial score (nSPS) is 25.1. The summed E-state index contributed by atoms with van der Waals surface area (Å²) in [6.45, 7) is 2.03. The summed E-state index contributed by atoms with van der Waals surface area (Å²) in [5.41, 5.74) is 2.11. The molecule has 25 heavy (non-hydrogen) atoms. The van der Waals surface area contributed by atoms with E-state index in [1.165, 1.54) is 19.3 Å². The first-order valence-electron chi connectivity index (χ1n) is 9.14. The third kappa shape index (κ3) is 2.75. The molecule has 7 nitrogen and oxygen atoms in total. The van der Waals surface area contributed by atoms with Crippen molar-refractivity contribution in [3.05, 3.63) is 29.2 Å². The van der Waals surface area contributed by atoms with Gasteiger partial charge in [-0.1, -0.05) is 24.4 Å². The lowest BCUT2D eigenvalue weighted by Gasteiger charge is -2.23. The van der Waals surface area contributed by atoms with E-state index in [-0.39, 0.29) is 17.9 Å².